The van der Waals surface area contributed by atoms with Gasteiger partial charge in [0.05, 0.1) is 24.9 Å². The molecule has 0 unspecified atom stereocenters. The number of carbonyl (C=O) groups excluding carboxylic acids is 7. The lowest BCUT2D eigenvalue weighted by Crippen LogP contribution is -2.60. The van der Waals surface area contributed by atoms with Crippen molar-refractivity contribution >= 4 is 53.5 Å². The molecule has 0 aromatic heterocycles. The van der Waals surface area contributed by atoms with E-state index in [1.807, 2.05) is 112 Å². The number of likely N-dealkylation sites (tertiary alicyclic amines) is 1. The third-order valence-corrected chi connectivity index (χ3v) is 16.1. The molecule has 17 heteroatoms. The van der Waals surface area contributed by atoms with Gasteiger partial charge in [0.15, 0.2) is 0 Å². The highest BCUT2D eigenvalue weighted by atomic mass is 32.2. The molecule has 1 fully saturated rings. The lowest BCUT2D eigenvalue weighted by Gasteiger charge is -2.36. The number of nitrogens with zero attached hydrogens (tertiary/aromatic N) is 1. The standard InChI is InChI=1S/C61H78N6O10S/c1-59(2,3)52(66-57(73)76-36-39-19-11-10-12-20-39)56(72)67-35-43(34-49(67)54(70)63-47-28-18-24-42-22-14-16-26-45(42)47)40-31-29-38(30-32-40)33-48(53(69)62-46-27-17-23-41-21-13-15-25-44(41)46)64-55(71)51(65-58(74)77-60(4,5)6)61(7,8)78-37-50(68)75-9/h10-16,19-22,25-26,29-32,43,46-49,51-52H,17-18,23-24,27-28,33-37H2,1-9H3,(H,62,69)(H,63,70)(H,64,71)(H,65,74)(H,66,73)/t43-,46+,47+,48-,49-,51+,52+/m0/s1. The minimum absolute atomic E-state index is 0.0158. The third-order valence-electron chi connectivity index (χ3n) is 14.8. The second-order valence-electron chi connectivity index (χ2n) is 23.3. The topological polar surface area (TPSA) is 211 Å². The molecule has 1 saturated heterocycles. The molecule has 0 spiro atoms. The van der Waals surface area contributed by atoms with E-state index >= 15 is 0 Å². The van der Waals surface area contributed by atoms with Crippen LogP contribution in [0.5, 0.6) is 0 Å². The minimum Gasteiger partial charge on any atom is -0.468 e. The Bertz CT molecular complexity index is 2780. The predicted octanol–water partition coefficient (Wildman–Crippen LogP) is 8.71. The summed E-state index contributed by atoms with van der Waals surface area (Å²) in [4.78, 5) is 99.6. The summed E-state index contributed by atoms with van der Waals surface area (Å²) in [5.74, 6) is -2.67. The van der Waals surface area contributed by atoms with Crippen molar-refractivity contribution < 1.29 is 47.8 Å². The van der Waals surface area contributed by atoms with Gasteiger partial charge in [0, 0.05) is 23.6 Å². The summed E-state index contributed by atoms with van der Waals surface area (Å²) in [6.07, 6.45) is 3.81. The van der Waals surface area contributed by atoms with Crippen LogP contribution < -0.4 is 26.6 Å². The number of carbonyl (C=O) groups is 7. The number of fused-ring (bicyclic) bond motifs is 2. The molecular formula is C61H78N6O10S. The van der Waals surface area contributed by atoms with Crippen LogP contribution in [0.4, 0.5) is 9.59 Å². The summed E-state index contributed by atoms with van der Waals surface area (Å²) in [5.41, 5.74) is 5.12. The maximum Gasteiger partial charge on any atom is 0.408 e. The molecule has 7 rings (SSSR count). The summed E-state index contributed by atoms with van der Waals surface area (Å²) in [6, 6.07) is 28.1. The molecular weight excluding hydrogens is 1010 g/mol. The van der Waals surface area contributed by atoms with Crippen LogP contribution in [0.1, 0.15) is 144 Å². The van der Waals surface area contributed by atoms with Crippen LogP contribution >= 0.6 is 11.8 Å². The lowest BCUT2D eigenvalue weighted by atomic mass is 9.85. The Morgan fingerprint density at radius 1 is 0.654 bits per heavy atom. The number of hydrogen-bond donors (Lipinski definition) is 5. The zero-order valence-corrected chi connectivity index (χ0v) is 47.4. The molecule has 0 saturated carbocycles. The van der Waals surface area contributed by atoms with Crippen molar-refractivity contribution in [1.29, 1.82) is 0 Å². The molecule has 2 aliphatic carbocycles. The Balaban J connectivity index is 1.15. The van der Waals surface area contributed by atoms with Gasteiger partial charge < -0.3 is 45.7 Å². The summed E-state index contributed by atoms with van der Waals surface area (Å²) in [7, 11) is 1.27. The number of thioether (sulfide) groups is 1. The van der Waals surface area contributed by atoms with Gasteiger partial charge in [-0.15, -0.1) is 11.8 Å². The zero-order valence-electron chi connectivity index (χ0n) is 46.6. The van der Waals surface area contributed by atoms with Gasteiger partial charge in [0.25, 0.3) is 0 Å². The molecule has 1 aliphatic heterocycles. The van der Waals surface area contributed by atoms with E-state index < -0.39 is 75.8 Å². The second kappa shape index (κ2) is 25.7. The molecule has 1 heterocycles. The predicted molar refractivity (Wildman–Crippen MR) is 300 cm³/mol. The van der Waals surface area contributed by atoms with Crippen molar-refractivity contribution in [1.82, 2.24) is 31.5 Å². The number of alkyl carbamates (subject to hydrolysis) is 2. The number of aryl methyl sites for hydroxylation is 2. The molecule has 6 amide bonds. The SMILES string of the molecule is COC(=O)CSC(C)(C)[C@H](NC(=O)OC(C)(C)C)C(=O)N[C@@H](Cc1ccc([C@H]2C[C@@H](C(=O)N[C@@H]3CCCc4ccccc43)N(C(=O)[C@@H](NC(=O)OCc3ccccc3)C(C)(C)C)C2)cc1)C(=O)N[C@@H]1CCCc2ccccc21. The van der Waals surface area contributed by atoms with Gasteiger partial charge in [-0.1, -0.05) is 124 Å². The monoisotopic (exact) mass is 1090 g/mol. The van der Waals surface area contributed by atoms with Gasteiger partial charge in [-0.25, -0.2) is 9.59 Å². The van der Waals surface area contributed by atoms with Gasteiger partial charge >= 0.3 is 18.2 Å². The number of esters is 1. The van der Waals surface area contributed by atoms with Crippen molar-refractivity contribution in [3.05, 3.63) is 142 Å². The van der Waals surface area contributed by atoms with Crippen molar-refractivity contribution in [2.75, 3.05) is 19.4 Å². The van der Waals surface area contributed by atoms with Crippen LogP contribution in [0.2, 0.25) is 0 Å². The van der Waals surface area contributed by atoms with Gasteiger partial charge in [-0.2, -0.15) is 0 Å². The molecule has 4 aromatic carbocycles. The Kier molecular flexibility index (Phi) is 19.4. The third kappa shape index (κ3) is 15.7. The fourth-order valence-corrected chi connectivity index (χ4v) is 11.5. The number of ether oxygens (including phenoxy) is 3. The first-order chi connectivity index (χ1) is 37.0. The van der Waals surface area contributed by atoms with Crippen LogP contribution in [0, 0.1) is 5.41 Å². The average Bonchev–Trinajstić information content (AvgIpc) is 3.86. The molecule has 5 N–H and O–H groups in total. The smallest absolute Gasteiger partial charge is 0.408 e. The number of nitrogens with one attached hydrogen (secondary N) is 5. The first-order valence-corrected chi connectivity index (χ1v) is 28.1. The lowest BCUT2D eigenvalue weighted by molar-refractivity contribution is -0.142. The van der Waals surface area contributed by atoms with E-state index in [-0.39, 0.29) is 49.2 Å². The molecule has 16 nitrogen and oxygen atoms in total. The van der Waals surface area contributed by atoms with Crippen LogP contribution in [0.3, 0.4) is 0 Å². The highest BCUT2D eigenvalue weighted by Gasteiger charge is 2.46. The summed E-state index contributed by atoms with van der Waals surface area (Å²) < 4.78 is 14.9. The Hall–Kier alpha value is -6.88. The highest BCUT2D eigenvalue weighted by molar-refractivity contribution is 8.01. The van der Waals surface area contributed by atoms with Crippen LogP contribution in [0.15, 0.2) is 103 Å². The Morgan fingerprint density at radius 2 is 1.23 bits per heavy atom. The summed E-state index contributed by atoms with van der Waals surface area (Å²) in [5, 5.41) is 15.1. The number of methoxy groups -OCH3 is 1. The Labute approximate surface area is 463 Å². The summed E-state index contributed by atoms with van der Waals surface area (Å²) >= 11 is 1.12. The van der Waals surface area contributed by atoms with E-state index in [9.17, 15) is 33.6 Å². The first-order valence-electron chi connectivity index (χ1n) is 27.1. The molecule has 78 heavy (non-hydrogen) atoms. The largest absolute Gasteiger partial charge is 0.468 e. The first kappa shape index (κ1) is 58.8. The maximum absolute atomic E-state index is 15.0. The Morgan fingerprint density at radius 3 is 1.82 bits per heavy atom. The quantitative estimate of drug-likeness (QED) is 0.0470. The van der Waals surface area contributed by atoms with Gasteiger partial charge in [0.2, 0.25) is 23.6 Å². The molecule has 4 aromatic rings. The average molecular weight is 1090 g/mol. The molecule has 0 radical (unpaired) electrons. The van der Waals surface area contributed by atoms with E-state index in [0.717, 1.165) is 71.7 Å². The fourth-order valence-electron chi connectivity index (χ4n) is 10.6. The van der Waals surface area contributed by atoms with E-state index in [1.54, 1.807) is 39.5 Å². The zero-order chi connectivity index (χ0) is 56.4. The normalized spacial score (nSPS) is 19.3. The van der Waals surface area contributed by atoms with Crippen molar-refractivity contribution in [2.24, 2.45) is 5.41 Å². The van der Waals surface area contributed by atoms with E-state index in [2.05, 4.69) is 38.7 Å². The van der Waals surface area contributed by atoms with Gasteiger partial charge in [-0.05, 0) is 124 Å². The van der Waals surface area contributed by atoms with E-state index in [4.69, 9.17) is 14.2 Å². The van der Waals surface area contributed by atoms with Crippen LogP contribution in [0.25, 0.3) is 0 Å². The molecule has 7 atom stereocenters. The van der Waals surface area contributed by atoms with E-state index in [1.165, 1.54) is 12.7 Å². The molecule has 418 valence electrons. The fraction of sp³-hybridized carbons (Fsp3) is 0.492. The number of benzene rings is 4. The molecule has 3 aliphatic rings. The highest BCUT2D eigenvalue weighted by Crippen LogP contribution is 2.37. The minimum atomic E-state index is -1.27. The van der Waals surface area contributed by atoms with Crippen molar-refractivity contribution in [3.8, 4) is 0 Å². The van der Waals surface area contributed by atoms with Crippen LogP contribution in [-0.2, 0) is 64.1 Å². The summed E-state index contributed by atoms with van der Waals surface area (Å²) in [6.45, 7) is 14.3. The number of amides is 6. The van der Waals surface area contributed by atoms with Crippen LogP contribution in [-0.4, -0.2) is 101 Å². The van der Waals surface area contributed by atoms with Crippen molar-refractivity contribution in [3.63, 3.8) is 0 Å². The van der Waals surface area contributed by atoms with E-state index in [0.29, 0.717) is 18.4 Å². The number of rotatable bonds is 18. The van der Waals surface area contributed by atoms with Gasteiger partial charge in [0.1, 0.15) is 36.4 Å². The maximum atomic E-state index is 15.0. The molecule has 0 bridgehead atoms. The number of hydrogen-bond acceptors (Lipinski definition) is 11. The van der Waals surface area contributed by atoms with Crippen molar-refractivity contribution in [2.45, 2.75) is 166 Å². The van der Waals surface area contributed by atoms with Gasteiger partial charge in [-0.3, -0.25) is 24.0 Å². The second-order valence-corrected chi connectivity index (χ2v) is 24.9.